The lowest BCUT2D eigenvalue weighted by Gasteiger charge is -2.37. The van der Waals surface area contributed by atoms with Gasteiger partial charge in [0, 0.05) is 44.6 Å². The lowest BCUT2D eigenvalue weighted by atomic mass is 9.94. The Bertz CT molecular complexity index is 1010. The third-order valence-corrected chi connectivity index (χ3v) is 6.54. The molecule has 2 saturated heterocycles. The lowest BCUT2D eigenvalue weighted by molar-refractivity contribution is -0.139. The number of piperidine rings is 2. The molecule has 0 unspecified atom stereocenters. The average Bonchev–Trinajstić information content (AvgIpc) is 2.85. The SMILES string of the molecule is N=COC(=N)c1ccccc1OC1CCN(C(=O)C2CCN(Cc3ccnc(N)c3)CC2)CC1. The molecule has 1 aromatic heterocycles. The molecule has 9 nitrogen and oxygen atoms in total. The van der Waals surface area contributed by atoms with E-state index in [1.807, 2.05) is 35.2 Å². The third-order valence-electron chi connectivity index (χ3n) is 6.54. The van der Waals surface area contributed by atoms with Crippen molar-refractivity contribution in [2.24, 2.45) is 5.92 Å². The summed E-state index contributed by atoms with van der Waals surface area (Å²) in [7, 11) is 0. The number of aromatic nitrogens is 1. The Morgan fingerprint density at radius 2 is 1.85 bits per heavy atom. The lowest BCUT2D eigenvalue weighted by Crippen LogP contribution is -2.47. The number of hydrogen-bond donors (Lipinski definition) is 3. The largest absolute Gasteiger partial charge is 0.489 e. The quantitative estimate of drug-likeness (QED) is 0.427. The number of para-hydroxylation sites is 1. The van der Waals surface area contributed by atoms with E-state index in [1.165, 1.54) is 0 Å². The molecule has 0 bridgehead atoms. The number of carbonyl (C=O) groups excluding carboxylic acids is 1. The van der Waals surface area contributed by atoms with Gasteiger partial charge in [-0.25, -0.2) is 4.98 Å². The molecule has 9 heteroatoms. The van der Waals surface area contributed by atoms with Gasteiger partial charge in [0.25, 0.3) is 0 Å². The van der Waals surface area contributed by atoms with Gasteiger partial charge in [-0.2, -0.15) is 0 Å². The first-order chi connectivity index (χ1) is 16.5. The number of pyridine rings is 1. The minimum absolute atomic E-state index is 0.0207. The van der Waals surface area contributed by atoms with E-state index in [-0.39, 0.29) is 23.8 Å². The molecule has 180 valence electrons. The summed E-state index contributed by atoms with van der Waals surface area (Å²) >= 11 is 0. The predicted octanol–water partition coefficient (Wildman–Crippen LogP) is 2.89. The summed E-state index contributed by atoms with van der Waals surface area (Å²) in [5, 5.41) is 15.0. The van der Waals surface area contributed by atoms with Gasteiger partial charge in [0.2, 0.25) is 11.8 Å². The van der Waals surface area contributed by atoms with Crippen LogP contribution in [0.5, 0.6) is 5.75 Å². The van der Waals surface area contributed by atoms with E-state index in [0.29, 0.717) is 30.2 Å². The molecule has 1 amide bonds. The number of nitrogens with one attached hydrogen (secondary N) is 2. The predicted molar refractivity (Wildman–Crippen MR) is 130 cm³/mol. The molecule has 1 aromatic carbocycles. The Hall–Kier alpha value is -3.46. The number of anilines is 1. The van der Waals surface area contributed by atoms with Gasteiger partial charge in [-0.05, 0) is 55.8 Å². The molecule has 2 fully saturated rings. The van der Waals surface area contributed by atoms with E-state index in [1.54, 1.807) is 12.3 Å². The minimum Gasteiger partial charge on any atom is -0.489 e. The number of amides is 1. The van der Waals surface area contributed by atoms with Crippen LogP contribution in [0.1, 0.15) is 36.8 Å². The number of hydrogen-bond acceptors (Lipinski definition) is 8. The van der Waals surface area contributed by atoms with Gasteiger partial charge in [-0.15, -0.1) is 0 Å². The van der Waals surface area contributed by atoms with Crippen LogP contribution in [0.25, 0.3) is 0 Å². The maximum Gasteiger partial charge on any atom is 0.225 e. The van der Waals surface area contributed by atoms with Crippen LogP contribution in [-0.4, -0.2) is 65.3 Å². The second-order valence-corrected chi connectivity index (χ2v) is 8.84. The average molecular weight is 465 g/mol. The minimum atomic E-state index is -0.114. The van der Waals surface area contributed by atoms with E-state index in [0.717, 1.165) is 57.3 Å². The summed E-state index contributed by atoms with van der Waals surface area (Å²) in [6.45, 7) is 3.99. The van der Waals surface area contributed by atoms with Crippen molar-refractivity contribution in [3.05, 3.63) is 53.7 Å². The molecule has 4 rings (SSSR count). The van der Waals surface area contributed by atoms with Crippen molar-refractivity contribution in [2.75, 3.05) is 31.9 Å². The fourth-order valence-corrected chi connectivity index (χ4v) is 4.70. The van der Waals surface area contributed by atoms with Crippen LogP contribution in [0.3, 0.4) is 0 Å². The monoisotopic (exact) mass is 464 g/mol. The highest BCUT2D eigenvalue weighted by Gasteiger charge is 2.31. The van der Waals surface area contributed by atoms with Crippen molar-refractivity contribution in [1.82, 2.24) is 14.8 Å². The zero-order chi connectivity index (χ0) is 23.9. The van der Waals surface area contributed by atoms with Gasteiger partial charge < -0.3 is 20.1 Å². The van der Waals surface area contributed by atoms with Crippen molar-refractivity contribution < 1.29 is 14.3 Å². The number of nitrogens with zero attached hydrogens (tertiary/aromatic N) is 3. The summed E-state index contributed by atoms with van der Waals surface area (Å²) in [5.41, 5.74) is 7.45. The number of nitrogens with two attached hydrogens (primary N) is 1. The van der Waals surface area contributed by atoms with Crippen LogP contribution in [0.15, 0.2) is 42.6 Å². The first-order valence-corrected chi connectivity index (χ1v) is 11.7. The standard InChI is InChI=1S/C25H32N6O3/c26-17-33-24(28)21-3-1-2-4-22(21)34-20-8-13-31(14-9-20)25(32)19-6-11-30(12-7-19)16-18-5-10-29-23(27)15-18/h1-5,10,15,17,19-20,26,28H,6-9,11-14,16H2,(H2,27,29). The number of carbonyl (C=O) groups is 1. The van der Waals surface area contributed by atoms with Gasteiger partial charge >= 0.3 is 0 Å². The zero-order valence-electron chi connectivity index (χ0n) is 19.3. The Balaban J connectivity index is 1.24. The highest BCUT2D eigenvalue weighted by molar-refractivity contribution is 5.97. The third kappa shape index (κ3) is 5.91. The Morgan fingerprint density at radius 3 is 2.56 bits per heavy atom. The van der Waals surface area contributed by atoms with Crippen LogP contribution in [0, 0.1) is 16.7 Å². The fourth-order valence-electron chi connectivity index (χ4n) is 4.70. The van der Waals surface area contributed by atoms with E-state index in [2.05, 4.69) is 9.88 Å². The van der Waals surface area contributed by atoms with Gasteiger partial charge in [0.1, 0.15) is 17.7 Å². The van der Waals surface area contributed by atoms with Gasteiger partial charge in [-0.1, -0.05) is 12.1 Å². The number of rotatable bonds is 7. The van der Waals surface area contributed by atoms with Crippen molar-refractivity contribution >= 4 is 24.0 Å². The van der Waals surface area contributed by atoms with Crippen LogP contribution in [0.4, 0.5) is 5.82 Å². The molecule has 2 aliphatic heterocycles. The molecule has 4 N–H and O–H groups in total. The second kappa shape index (κ2) is 11.1. The summed E-state index contributed by atoms with van der Waals surface area (Å²) in [4.78, 5) is 21.5. The fraction of sp³-hybridized carbons (Fsp3) is 0.440. The number of ether oxygens (including phenoxy) is 2. The molecular formula is C25H32N6O3. The molecule has 2 aliphatic rings. The maximum atomic E-state index is 13.1. The molecular weight excluding hydrogens is 432 g/mol. The normalized spacial score (nSPS) is 17.8. The van der Waals surface area contributed by atoms with Crippen molar-refractivity contribution in [2.45, 2.75) is 38.3 Å². The van der Waals surface area contributed by atoms with Gasteiger partial charge in [0.05, 0.1) is 5.56 Å². The molecule has 0 aliphatic carbocycles. The van der Waals surface area contributed by atoms with Gasteiger partial charge in [-0.3, -0.25) is 20.5 Å². The number of benzene rings is 1. The van der Waals surface area contributed by atoms with Crippen molar-refractivity contribution in [3.63, 3.8) is 0 Å². The van der Waals surface area contributed by atoms with Crippen LogP contribution in [0.2, 0.25) is 0 Å². The smallest absolute Gasteiger partial charge is 0.225 e. The van der Waals surface area contributed by atoms with Crippen molar-refractivity contribution in [1.29, 1.82) is 10.8 Å². The van der Waals surface area contributed by atoms with E-state index in [9.17, 15) is 4.79 Å². The summed E-state index contributed by atoms with van der Waals surface area (Å²) in [5.74, 6) is 1.33. The zero-order valence-corrected chi connectivity index (χ0v) is 19.3. The summed E-state index contributed by atoms with van der Waals surface area (Å²) in [6.07, 6.45) is 5.70. The van der Waals surface area contributed by atoms with E-state index >= 15 is 0 Å². The Morgan fingerprint density at radius 1 is 1.12 bits per heavy atom. The molecule has 34 heavy (non-hydrogen) atoms. The van der Waals surface area contributed by atoms with Crippen LogP contribution >= 0.6 is 0 Å². The molecule has 2 aromatic rings. The van der Waals surface area contributed by atoms with Crippen LogP contribution in [-0.2, 0) is 16.1 Å². The Kier molecular flexibility index (Phi) is 7.74. The molecule has 0 spiro atoms. The molecule has 3 heterocycles. The highest BCUT2D eigenvalue weighted by Crippen LogP contribution is 2.26. The Labute approximate surface area is 199 Å². The molecule has 0 radical (unpaired) electrons. The maximum absolute atomic E-state index is 13.1. The summed E-state index contributed by atoms with van der Waals surface area (Å²) < 4.78 is 11.1. The first-order valence-electron chi connectivity index (χ1n) is 11.7. The molecule has 0 saturated carbocycles. The topological polar surface area (TPSA) is 129 Å². The second-order valence-electron chi connectivity index (χ2n) is 8.84. The first kappa shape index (κ1) is 23.7. The highest BCUT2D eigenvalue weighted by atomic mass is 16.5. The van der Waals surface area contributed by atoms with Crippen LogP contribution < -0.4 is 10.5 Å². The van der Waals surface area contributed by atoms with Crippen molar-refractivity contribution in [3.8, 4) is 5.75 Å². The molecule has 0 atom stereocenters. The van der Waals surface area contributed by atoms with E-state index in [4.69, 9.17) is 26.0 Å². The number of likely N-dealkylation sites (tertiary alicyclic amines) is 2. The number of nitrogen functional groups attached to an aromatic ring is 1. The van der Waals surface area contributed by atoms with E-state index < -0.39 is 0 Å². The summed E-state index contributed by atoms with van der Waals surface area (Å²) in [6, 6.07) is 11.1. The van der Waals surface area contributed by atoms with Gasteiger partial charge in [0.15, 0.2) is 6.40 Å².